The summed E-state index contributed by atoms with van der Waals surface area (Å²) in [5.74, 6) is 0.200. The van der Waals surface area contributed by atoms with Crippen LogP contribution in [0.2, 0.25) is 0 Å². The van der Waals surface area contributed by atoms with Crippen LogP contribution in [-0.4, -0.2) is 49.5 Å². The number of esters is 1. The van der Waals surface area contributed by atoms with Crippen LogP contribution < -0.4 is 9.64 Å². The van der Waals surface area contributed by atoms with Gasteiger partial charge in [0.15, 0.2) is 5.76 Å². The Bertz CT molecular complexity index is 1190. The SMILES string of the molecule is CCOC(=O)C1CCCN(C(=O)Cc2ccc(N(Cc3ccc(OC)cc3)C(=O)c3ccco3)cc2)C1. The molecular weight excluding hydrogens is 472 g/mol. The number of ether oxygens (including phenoxy) is 2. The minimum absolute atomic E-state index is 0.0245. The van der Waals surface area contributed by atoms with E-state index in [9.17, 15) is 14.4 Å². The summed E-state index contributed by atoms with van der Waals surface area (Å²) in [5, 5.41) is 0. The molecule has 2 heterocycles. The normalized spacial score (nSPS) is 15.2. The van der Waals surface area contributed by atoms with Crippen molar-refractivity contribution < 1.29 is 28.3 Å². The lowest BCUT2D eigenvalue weighted by atomic mass is 9.97. The Kier molecular flexibility index (Phi) is 8.61. The van der Waals surface area contributed by atoms with E-state index >= 15 is 0 Å². The van der Waals surface area contributed by atoms with Crippen molar-refractivity contribution in [3.05, 3.63) is 83.8 Å². The second kappa shape index (κ2) is 12.3. The summed E-state index contributed by atoms with van der Waals surface area (Å²) in [7, 11) is 1.61. The van der Waals surface area contributed by atoms with Gasteiger partial charge in [0.2, 0.25) is 5.91 Å². The van der Waals surface area contributed by atoms with Gasteiger partial charge in [0, 0.05) is 18.8 Å². The summed E-state index contributed by atoms with van der Waals surface area (Å²) in [6.45, 7) is 3.50. The van der Waals surface area contributed by atoms with Gasteiger partial charge in [-0.1, -0.05) is 24.3 Å². The Morgan fingerprint density at radius 2 is 1.76 bits per heavy atom. The van der Waals surface area contributed by atoms with E-state index in [4.69, 9.17) is 13.9 Å². The van der Waals surface area contributed by atoms with E-state index < -0.39 is 0 Å². The largest absolute Gasteiger partial charge is 0.497 e. The molecule has 4 rings (SSSR count). The lowest BCUT2D eigenvalue weighted by Gasteiger charge is -2.31. The molecule has 2 amide bonds. The van der Waals surface area contributed by atoms with E-state index in [2.05, 4.69) is 0 Å². The fourth-order valence-corrected chi connectivity index (χ4v) is 4.46. The van der Waals surface area contributed by atoms with Crippen molar-refractivity contribution in [2.24, 2.45) is 5.92 Å². The van der Waals surface area contributed by atoms with E-state index in [1.165, 1.54) is 6.26 Å². The third kappa shape index (κ3) is 6.58. The lowest BCUT2D eigenvalue weighted by Crippen LogP contribution is -2.43. The fraction of sp³-hybridized carbons (Fsp3) is 0.345. The molecule has 0 radical (unpaired) electrons. The van der Waals surface area contributed by atoms with Crippen molar-refractivity contribution >= 4 is 23.5 Å². The van der Waals surface area contributed by atoms with Crippen molar-refractivity contribution in [1.82, 2.24) is 4.90 Å². The molecule has 1 unspecified atom stereocenters. The van der Waals surface area contributed by atoms with Gasteiger partial charge in [-0.2, -0.15) is 0 Å². The van der Waals surface area contributed by atoms with Crippen molar-refractivity contribution in [2.45, 2.75) is 32.7 Å². The van der Waals surface area contributed by atoms with Crippen LogP contribution >= 0.6 is 0 Å². The quantitative estimate of drug-likeness (QED) is 0.399. The highest BCUT2D eigenvalue weighted by molar-refractivity contribution is 6.04. The number of likely N-dealkylation sites (tertiary alicyclic amines) is 1. The molecule has 0 bridgehead atoms. The van der Waals surface area contributed by atoms with Crippen LogP contribution in [0.15, 0.2) is 71.3 Å². The van der Waals surface area contributed by atoms with Crippen molar-refractivity contribution in [1.29, 1.82) is 0 Å². The average molecular weight is 505 g/mol. The molecule has 2 aromatic carbocycles. The number of hydrogen-bond donors (Lipinski definition) is 0. The van der Waals surface area contributed by atoms with Crippen molar-refractivity contribution in [3.8, 4) is 5.75 Å². The molecule has 3 aromatic rings. The first-order valence-electron chi connectivity index (χ1n) is 12.5. The number of amides is 2. The van der Waals surface area contributed by atoms with Crippen LogP contribution in [0.1, 0.15) is 41.4 Å². The summed E-state index contributed by atoms with van der Waals surface area (Å²) in [6.07, 6.45) is 3.22. The zero-order chi connectivity index (χ0) is 26.2. The van der Waals surface area contributed by atoms with E-state index in [0.717, 1.165) is 29.7 Å². The molecule has 0 aliphatic carbocycles. The number of carbonyl (C=O) groups is 3. The number of nitrogens with zero attached hydrogens (tertiary/aromatic N) is 2. The smallest absolute Gasteiger partial charge is 0.310 e. The van der Waals surface area contributed by atoms with Gasteiger partial charge in [0.05, 0.1) is 38.9 Å². The summed E-state index contributed by atoms with van der Waals surface area (Å²) in [6, 6.07) is 18.2. The number of methoxy groups -OCH3 is 1. The molecule has 0 N–H and O–H groups in total. The summed E-state index contributed by atoms with van der Waals surface area (Å²) in [5.41, 5.74) is 2.46. The first-order valence-corrected chi connectivity index (χ1v) is 12.5. The molecular formula is C29H32N2O6. The van der Waals surface area contributed by atoms with Gasteiger partial charge in [-0.05, 0) is 67.3 Å². The molecule has 1 aliphatic heterocycles. The molecule has 1 atom stereocenters. The maximum atomic E-state index is 13.2. The van der Waals surface area contributed by atoms with E-state index in [1.807, 2.05) is 48.5 Å². The van der Waals surface area contributed by atoms with Crippen LogP contribution in [-0.2, 0) is 27.3 Å². The number of piperidine rings is 1. The van der Waals surface area contributed by atoms with Crippen molar-refractivity contribution in [2.75, 3.05) is 31.7 Å². The number of hydrogen-bond acceptors (Lipinski definition) is 6. The predicted molar refractivity (Wildman–Crippen MR) is 138 cm³/mol. The van der Waals surface area contributed by atoms with Gasteiger partial charge < -0.3 is 23.7 Å². The Balaban J connectivity index is 1.46. The van der Waals surface area contributed by atoms with Gasteiger partial charge in [-0.3, -0.25) is 14.4 Å². The Hall–Kier alpha value is -4.07. The van der Waals surface area contributed by atoms with Crippen LogP contribution in [0.3, 0.4) is 0 Å². The average Bonchev–Trinajstić information content (AvgIpc) is 3.48. The zero-order valence-electron chi connectivity index (χ0n) is 21.2. The highest BCUT2D eigenvalue weighted by atomic mass is 16.5. The Labute approximate surface area is 216 Å². The molecule has 1 fully saturated rings. The summed E-state index contributed by atoms with van der Waals surface area (Å²) in [4.78, 5) is 41.7. The molecule has 1 aromatic heterocycles. The molecule has 8 nitrogen and oxygen atoms in total. The highest BCUT2D eigenvalue weighted by Gasteiger charge is 2.29. The van der Waals surface area contributed by atoms with Crippen LogP contribution in [0.5, 0.6) is 5.75 Å². The number of rotatable bonds is 9. The first kappa shape index (κ1) is 26.0. The highest BCUT2D eigenvalue weighted by Crippen LogP contribution is 2.24. The van der Waals surface area contributed by atoms with Crippen molar-refractivity contribution in [3.63, 3.8) is 0 Å². The number of benzene rings is 2. The van der Waals surface area contributed by atoms with Gasteiger partial charge in [0.1, 0.15) is 5.75 Å². The Morgan fingerprint density at radius 1 is 1.03 bits per heavy atom. The maximum absolute atomic E-state index is 13.2. The monoisotopic (exact) mass is 504 g/mol. The number of carbonyl (C=O) groups excluding carboxylic acids is 3. The van der Waals surface area contributed by atoms with Crippen LogP contribution in [0, 0.1) is 5.92 Å². The minimum Gasteiger partial charge on any atom is -0.497 e. The van der Waals surface area contributed by atoms with E-state index in [0.29, 0.717) is 31.9 Å². The lowest BCUT2D eigenvalue weighted by molar-refractivity contribution is -0.151. The number of anilines is 1. The van der Waals surface area contributed by atoms with E-state index in [-0.39, 0.29) is 35.9 Å². The second-order valence-electron chi connectivity index (χ2n) is 8.99. The molecule has 37 heavy (non-hydrogen) atoms. The van der Waals surface area contributed by atoms with Gasteiger partial charge in [-0.15, -0.1) is 0 Å². The topological polar surface area (TPSA) is 89.3 Å². The second-order valence-corrected chi connectivity index (χ2v) is 8.99. The summed E-state index contributed by atoms with van der Waals surface area (Å²) >= 11 is 0. The third-order valence-corrected chi connectivity index (χ3v) is 6.47. The third-order valence-electron chi connectivity index (χ3n) is 6.47. The van der Waals surface area contributed by atoms with Gasteiger partial charge in [0.25, 0.3) is 5.91 Å². The molecule has 0 saturated carbocycles. The zero-order valence-corrected chi connectivity index (χ0v) is 21.2. The fourth-order valence-electron chi connectivity index (χ4n) is 4.46. The van der Waals surface area contributed by atoms with Gasteiger partial charge >= 0.3 is 5.97 Å². The Morgan fingerprint density at radius 3 is 2.41 bits per heavy atom. The molecule has 0 spiro atoms. The van der Waals surface area contributed by atoms with E-state index in [1.54, 1.807) is 36.0 Å². The first-order chi connectivity index (χ1) is 18.0. The van der Waals surface area contributed by atoms with Gasteiger partial charge in [-0.25, -0.2) is 0 Å². The molecule has 1 aliphatic rings. The molecule has 1 saturated heterocycles. The maximum Gasteiger partial charge on any atom is 0.310 e. The van der Waals surface area contributed by atoms with Crippen LogP contribution in [0.25, 0.3) is 0 Å². The molecule has 8 heteroatoms. The minimum atomic E-state index is -0.265. The van der Waals surface area contributed by atoms with Crippen LogP contribution in [0.4, 0.5) is 5.69 Å². The standard InChI is InChI=1S/C29H32N2O6/c1-3-36-29(34)23-6-4-16-30(20-23)27(32)18-21-8-12-24(13-9-21)31(28(33)26-7-5-17-37-26)19-22-10-14-25(35-2)15-11-22/h5,7-15,17,23H,3-4,6,16,18-20H2,1-2H3. The number of furan rings is 1. The predicted octanol–water partition coefficient (Wildman–Crippen LogP) is 4.48. The molecule has 194 valence electrons. The summed E-state index contributed by atoms with van der Waals surface area (Å²) < 4.78 is 15.7.